The third-order valence-corrected chi connectivity index (χ3v) is 0. The first-order valence-corrected chi connectivity index (χ1v) is 2.19. The van der Waals surface area contributed by atoms with E-state index in [-0.39, 0.29) is 58.5 Å². The van der Waals surface area contributed by atoms with E-state index in [2.05, 4.69) is 0 Å². The minimum absolute atomic E-state index is 0. The quantitative estimate of drug-likeness (QED) is 0.303. The Hall–Kier alpha value is 1.71. The minimum Gasteiger partial charge on any atom is -0.870 e. The molecule has 0 amide bonds. The molecule has 0 aliphatic heterocycles. The van der Waals surface area contributed by atoms with Crippen LogP contribution in [0.4, 0.5) is 0 Å². The van der Waals surface area contributed by atoms with E-state index in [1.54, 1.807) is 0 Å². The van der Waals surface area contributed by atoms with Crippen LogP contribution in [0.25, 0.3) is 0 Å². The third kappa shape index (κ3) is 198. The summed E-state index contributed by atoms with van der Waals surface area (Å²) in [5.41, 5.74) is 0. The zero-order chi connectivity index (χ0) is 4.50. The van der Waals surface area contributed by atoms with Crippen molar-refractivity contribution in [3.05, 3.63) is 0 Å². The van der Waals surface area contributed by atoms with E-state index in [4.69, 9.17) is 19.2 Å². The zero-order valence-corrected chi connectivity index (χ0v) is 7.44. The van der Waals surface area contributed by atoms with Gasteiger partial charge in [0.15, 0.2) is 0 Å². The van der Waals surface area contributed by atoms with E-state index in [1.807, 2.05) is 0 Å². The molecular formula is HFeLiMnO5P+. The van der Waals surface area contributed by atoms with Gasteiger partial charge >= 0.3 is 53.0 Å². The minimum atomic E-state index is -5.39. The number of phosphoric acid groups is 1. The van der Waals surface area contributed by atoms with Crippen LogP contribution in [-0.2, 0) is 38.7 Å². The second kappa shape index (κ2) is 12.4. The van der Waals surface area contributed by atoms with Crippen LogP contribution in [0.3, 0.4) is 0 Å². The van der Waals surface area contributed by atoms with Gasteiger partial charge in [0, 0.05) is 0 Å². The van der Waals surface area contributed by atoms with Crippen LogP contribution < -0.4 is 33.5 Å². The smallest absolute Gasteiger partial charge is 0.870 e. The molecule has 0 saturated heterocycles. The first-order valence-electron chi connectivity index (χ1n) is 0.730. The van der Waals surface area contributed by atoms with Crippen molar-refractivity contribution in [1.29, 1.82) is 0 Å². The topological polar surface area (TPSA) is 116 Å². The SMILES string of the molecule is O=P([O-])([O-])[O-].[Fe+2].[Li+].[Mn+2].[OH-]. The van der Waals surface area contributed by atoms with E-state index < -0.39 is 7.82 Å². The molecular weight excluding hydrogens is 229 g/mol. The maximum absolute atomic E-state index is 8.55. The van der Waals surface area contributed by atoms with Crippen molar-refractivity contribution in [2.45, 2.75) is 0 Å². The van der Waals surface area contributed by atoms with E-state index in [0.717, 1.165) is 0 Å². The van der Waals surface area contributed by atoms with Crippen LogP contribution >= 0.6 is 7.82 Å². The third-order valence-electron chi connectivity index (χ3n) is 0. The van der Waals surface area contributed by atoms with Gasteiger partial charge in [-0.1, -0.05) is 0 Å². The first-order chi connectivity index (χ1) is 2.00. The van der Waals surface area contributed by atoms with E-state index in [1.165, 1.54) is 0 Å². The zero-order valence-electron chi connectivity index (χ0n) is 4.26. The maximum atomic E-state index is 8.55. The second-order valence-electron chi connectivity index (χ2n) is 0.447. The molecule has 0 aliphatic carbocycles. The summed E-state index contributed by atoms with van der Waals surface area (Å²) in [4.78, 5) is 25.6. The fraction of sp³-hybridized carbons (Fsp3) is 0. The molecule has 0 atom stereocenters. The van der Waals surface area contributed by atoms with Crippen LogP contribution in [-0.4, -0.2) is 5.48 Å². The molecule has 9 heavy (non-hydrogen) atoms. The maximum Gasteiger partial charge on any atom is 2.00 e. The monoisotopic (exact) mass is 230 g/mol. The summed E-state index contributed by atoms with van der Waals surface area (Å²) in [7, 11) is -5.39. The van der Waals surface area contributed by atoms with Gasteiger partial charge in [-0.3, -0.25) is 0 Å². The van der Waals surface area contributed by atoms with Crippen LogP contribution in [0.15, 0.2) is 0 Å². The Morgan fingerprint density at radius 2 is 1.11 bits per heavy atom. The van der Waals surface area contributed by atoms with Crippen LogP contribution in [0.1, 0.15) is 0 Å². The average Bonchev–Trinajstić information content (AvgIpc) is 0.722. The molecule has 1 radical (unpaired) electrons. The molecule has 51 valence electrons. The summed E-state index contributed by atoms with van der Waals surface area (Å²) in [5.74, 6) is 0. The fourth-order valence-electron chi connectivity index (χ4n) is 0. The Labute approximate surface area is 85.3 Å². The molecule has 0 aliphatic rings. The molecule has 0 spiro atoms. The summed E-state index contributed by atoms with van der Waals surface area (Å²) in [6, 6.07) is 0. The summed E-state index contributed by atoms with van der Waals surface area (Å²) in [6.45, 7) is 0. The van der Waals surface area contributed by atoms with Crippen molar-refractivity contribution >= 4 is 7.82 Å². The van der Waals surface area contributed by atoms with Crippen molar-refractivity contribution < 1.29 is 77.7 Å². The Bertz CT molecular complexity index is 63.1. The van der Waals surface area contributed by atoms with E-state index in [0.29, 0.717) is 0 Å². The van der Waals surface area contributed by atoms with E-state index >= 15 is 0 Å². The molecule has 0 fully saturated rings. The van der Waals surface area contributed by atoms with Crippen LogP contribution in [0.2, 0.25) is 0 Å². The van der Waals surface area contributed by atoms with Crippen molar-refractivity contribution in [2.75, 3.05) is 0 Å². The van der Waals surface area contributed by atoms with Gasteiger partial charge in [-0.05, 0) is 0 Å². The predicted molar refractivity (Wildman–Crippen MR) is 9.54 cm³/mol. The van der Waals surface area contributed by atoms with Crippen molar-refractivity contribution in [2.24, 2.45) is 0 Å². The van der Waals surface area contributed by atoms with Gasteiger partial charge in [-0.15, -0.1) is 0 Å². The normalized spacial score (nSPS) is 6.56. The second-order valence-corrected chi connectivity index (χ2v) is 1.34. The average molecular weight is 230 g/mol. The molecule has 1 N–H and O–H groups in total. The fourth-order valence-corrected chi connectivity index (χ4v) is 0. The number of rotatable bonds is 0. The first kappa shape index (κ1) is 31.0. The van der Waals surface area contributed by atoms with Gasteiger partial charge in [-0.25, -0.2) is 0 Å². The molecule has 0 heterocycles. The summed E-state index contributed by atoms with van der Waals surface area (Å²) >= 11 is 0. The molecule has 0 aromatic rings. The Balaban J connectivity index is -0.0000000133. The van der Waals surface area contributed by atoms with Gasteiger partial charge in [0.2, 0.25) is 0 Å². The van der Waals surface area contributed by atoms with Gasteiger partial charge in [0.25, 0.3) is 0 Å². The Kier molecular flexibility index (Phi) is 42.6. The summed E-state index contributed by atoms with van der Waals surface area (Å²) in [5, 5.41) is 0. The van der Waals surface area contributed by atoms with Crippen LogP contribution in [0, 0.1) is 0 Å². The van der Waals surface area contributed by atoms with Gasteiger partial charge < -0.3 is 24.7 Å². The Morgan fingerprint density at radius 1 is 1.11 bits per heavy atom. The molecule has 0 rings (SSSR count). The number of hydrogen-bond donors (Lipinski definition) is 0. The van der Waals surface area contributed by atoms with Gasteiger partial charge in [0.1, 0.15) is 0 Å². The van der Waals surface area contributed by atoms with Gasteiger partial charge in [0.05, 0.1) is 0 Å². The number of hydrogen-bond acceptors (Lipinski definition) is 5. The van der Waals surface area contributed by atoms with Crippen molar-refractivity contribution in [3.63, 3.8) is 0 Å². The molecule has 0 aromatic carbocycles. The molecule has 0 saturated carbocycles. The van der Waals surface area contributed by atoms with Crippen molar-refractivity contribution in [1.82, 2.24) is 0 Å². The largest absolute Gasteiger partial charge is 2.00 e. The van der Waals surface area contributed by atoms with E-state index in [9.17, 15) is 0 Å². The van der Waals surface area contributed by atoms with Crippen molar-refractivity contribution in [3.8, 4) is 0 Å². The van der Waals surface area contributed by atoms with Gasteiger partial charge in [-0.2, -0.15) is 7.82 Å². The standard InChI is InChI=1S/Fe.Li.Mn.H3O4P.H2O/c;;;1-5(2,3)4;/h;;;(H3,1,2,3,4);1H2/q+2;+1;+2;;/p-4. The molecule has 9 heteroatoms. The summed E-state index contributed by atoms with van der Waals surface area (Å²) in [6.07, 6.45) is 0. The molecule has 0 aromatic heterocycles. The Morgan fingerprint density at radius 3 is 1.11 bits per heavy atom. The molecule has 0 bridgehead atoms. The molecule has 0 unspecified atom stereocenters. The molecule has 5 nitrogen and oxygen atoms in total. The summed E-state index contributed by atoms with van der Waals surface area (Å²) < 4.78 is 8.55. The predicted octanol–water partition coefficient (Wildman–Crippen LogP) is -6.00. The van der Waals surface area contributed by atoms with Crippen LogP contribution in [0.5, 0.6) is 0 Å².